The van der Waals surface area contributed by atoms with Gasteiger partial charge in [0.2, 0.25) is 0 Å². The first-order valence-electron chi connectivity index (χ1n) is 10.6. The molecule has 0 bridgehead atoms. The van der Waals surface area contributed by atoms with Gasteiger partial charge in [0.15, 0.2) is 6.61 Å². The summed E-state index contributed by atoms with van der Waals surface area (Å²) in [5.41, 5.74) is 9.34. The number of nitrogens with one attached hydrogen (secondary N) is 1. The summed E-state index contributed by atoms with van der Waals surface area (Å²) in [6.45, 7) is -0.438. The Morgan fingerprint density at radius 2 is 1.72 bits per heavy atom. The maximum Gasteiger partial charge on any atom is 0.338 e. The molecular formula is C25H24N2O4S. The van der Waals surface area contributed by atoms with Crippen LogP contribution in [-0.2, 0) is 35.2 Å². The van der Waals surface area contributed by atoms with Crippen LogP contribution in [0.15, 0.2) is 54.6 Å². The second-order valence-electron chi connectivity index (χ2n) is 7.69. The number of anilines is 1. The molecule has 2 amide bonds. The normalized spacial score (nSPS) is 12.2. The number of primary amides is 1. The molecular weight excluding hydrogens is 424 g/mol. The van der Waals surface area contributed by atoms with E-state index in [0.29, 0.717) is 22.5 Å². The van der Waals surface area contributed by atoms with Gasteiger partial charge in [0.1, 0.15) is 5.00 Å². The maximum atomic E-state index is 12.6. The van der Waals surface area contributed by atoms with E-state index in [1.807, 2.05) is 42.5 Å². The lowest BCUT2D eigenvalue weighted by Crippen LogP contribution is -2.23. The van der Waals surface area contributed by atoms with Crippen LogP contribution in [-0.4, -0.2) is 24.4 Å². The van der Waals surface area contributed by atoms with Crippen molar-refractivity contribution in [1.82, 2.24) is 0 Å². The van der Waals surface area contributed by atoms with E-state index < -0.39 is 24.4 Å². The van der Waals surface area contributed by atoms with E-state index in [1.165, 1.54) is 16.9 Å². The van der Waals surface area contributed by atoms with Gasteiger partial charge in [0.25, 0.3) is 11.8 Å². The molecule has 3 aromatic rings. The minimum Gasteiger partial charge on any atom is -0.452 e. The predicted octanol–water partition coefficient (Wildman–Crippen LogP) is 3.92. The monoisotopic (exact) mass is 448 g/mol. The Bertz CT molecular complexity index is 1150. The lowest BCUT2D eigenvalue weighted by Gasteiger charge is -2.10. The van der Waals surface area contributed by atoms with Crippen LogP contribution in [0.4, 0.5) is 5.00 Å². The molecule has 1 aliphatic carbocycles. The van der Waals surface area contributed by atoms with Crippen LogP contribution in [0.25, 0.3) is 0 Å². The molecule has 32 heavy (non-hydrogen) atoms. The lowest BCUT2D eigenvalue weighted by atomic mass is 10.00. The summed E-state index contributed by atoms with van der Waals surface area (Å²) >= 11 is 1.37. The smallest absolute Gasteiger partial charge is 0.338 e. The number of fused-ring (bicyclic) bond motifs is 1. The molecule has 0 atom stereocenters. The lowest BCUT2D eigenvalue weighted by molar-refractivity contribution is -0.119. The first-order valence-corrected chi connectivity index (χ1v) is 11.4. The molecule has 1 aliphatic rings. The van der Waals surface area contributed by atoms with Crippen molar-refractivity contribution in [2.75, 3.05) is 11.9 Å². The van der Waals surface area contributed by atoms with E-state index in [-0.39, 0.29) is 0 Å². The number of amides is 2. The SMILES string of the molecule is NC(=O)c1c(NC(=O)COC(=O)c2ccccc2CCc2ccccc2)sc2c1CCC2. The van der Waals surface area contributed by atoms with Gasteiger partial charge in [-0.3, -0.25) is 9.59 Å². The number of thiophene rings is 1. The quantitative estimate of drug-likeness (QED) is 0.510. The summed E-state index contributed by atoms with van der Waals surface area (Å²) in [7, 11) is 0. The average molecular weight is 449 g/mol. The zero-order valence-electron chi connectivity index (χ0n) is 17.6. The van der Waals surface area contributed by atoms with E-state index >= 15 is 0 Å². The first kappa shape index (κ1) is 21.8. The largest absolute Gasteiger partial charge is 0.452 e. The molecule has 6 nitrogen and oxygen atoms in total. The molecule has 0 spiro atoms. The molecule has 0 fully saturated rings. The Morgan fingerprint density at radius 1 is 0.969 bits per heavy atom. The minimum absolute atomic E-state index is 0.383. The first-order chi connectivity index (χ1) is 15.5. The molecule has 0 saturated heterocycles. The number of hydrogen-bond donors (Lipinski definition) is 2. The molecule has 4 rings (SSSR count). The Labute approximate surface area is 190 Å². The van der Waals surface area contributed by atoms with E-state index in [2.05, 4.69) is 5.32 Å². The highest BCUT2D eigenvalue weighted by Gasteiger charge is 2.26. The van der Waals surface area contributed by atoms with Crippen molar-refractivity contribution in [3.8, 4) is 0 Å². The Kier molecular flexibility index (Phi) is 6.66. The van der Waals surface area contributed by atoms with Crippen LogP contribution in [0.1, 0.15) is 48.7 Å². The van der Waals surface area contributed by atoms with Crippen molar-refractivity contribution >= 4 is 34.1 Å². The molecule has 164 valence electrons. The van der Waals surface area contributed by atoms with Crippen molar-refractivity contribution in [2.24, 2.45) is 5.73 Å². The number of ether oxygens (including phenoxy) is 1. The second-order valence-corrected chi connectivity index (χ2v) is 8.80. The Hall–Kier alpha value is -3.45. The van der Waals surface area contributed by atoms with E-state index in [9.17, 15) is 14.4 Å². The summed E-state index contributed by atoms with van der Waals surface area (Å²) in [6, 6.07) is 17.3. The highest BCUT2D eigenvalue weighted by atomic mass is 32.1. The predicted molar refractivity (Wildman–Crippen MR) is 124 cm³/mol. The molecule has 0 radical (unpaired) electrons. The average Bonchev–Trinajstić information content (AvgIpc) is 3.37. The minimum atomic E-state index is -0.552. The van der Waals surface area contributed by atoms with Crippen LogP contribution in [0.3, 0.4) is 0 Å². The number of carbonyl (C=O) groups is 3. The third-order valence-corrected chi connectivity index (χ3v) is 6.73. The van der Waals surface area contributed by atoms with Crippen molar-refractivity contribution in [1.29, 1.82) is 0 Å². The molecule has 1 heterocycles. The molecule has 1 aromatic heterocycles. The van der Waals surface area contributed by atoms with Gasteiger partial charge in [0.05, 0.1) is 11.1 Å². The summed E-state index contributed by atoms with van der Waals surface area (Å²) in [6.07, 6.45) is 4.13. The van der Waals surface area contributed by atoms with Crippen LogP contribution < -0.4 is 11.1 Å². The summed E-state index contributed by atoms with van der Waals surface area (Å²) in [4.78, 5) is 38.0. The van der Waals surface area contributed by atoms with Gasteiger partial charge in [-0.2, -0.15) is 0 Å². The Morgan fingerprint density at radius 3 is 2.50 bits per heavy atom. The fourth-order valence-corrected chi connectivity index (χ4v) is 5.30. The van der Waals surface area contributed by atoms with Crippen molar-refractivity contribution in [2.45, 2.75) is 32.1 Å². The fourth-order valence-electron chi connectivity index (χ4n) is 3.99. The van der Waals surface area contributed by atoms with Gasteiger partial charge in [0, 0.05) is 4.88 Å². The van der Waals surface area contributed by atoms with E-state index in [0.717, 1.165) is 41.7 Å². The van der Waals surface area contributed by atoms with Gasteiger partial charge >= 0.3 is 5.97 Å². The van der Waals surface area contributed by atoms with Gasteiger partial charge < -0.3 is 15.8 Å². The van der Waals surface area contributed by atoms with Crippen molar-refractivity contribution in [3.05, 3.63) is 87.3 Å². The highest BCUT2D eigenvalue weighted by molar-refractivity contribution is 7.17. The Balaban J connectivity index is 1.37. The van der Waals surface area contributed by atoms with Crippen LogP contribution in [0.5, 0.6) is 0 Å². The maximum absolute atomic E-state index is 12.6. The van der Waals surface area contributed by atoms with Gasteiger partial charge in [-0.1, -0.05) is 48.5 Å². The molecule has 2 aromatic carbocycles. The molecule has 0 aliphatic heterocycles. The third-order valence-electron chi connectivity index (χ3n) is 5.52. The fraction of sp³-hybridized carbons (Fsp3) is 0.240. The number of rotatable bonds is 8. The van der Waals surface area contributed by atoms with E-state index in [1.54, 1.807) is 12.1 Å². The van der Waals surface area contributed by atoms with Crippen LogP contribution in [0.2, 0.25) is 0 Å². The van der Waals surface area contributed by atoms with Crippen molar-refractivity contribution < 1.29 is 19.1 Å². The standard InChI is InChI=1S/C25H24N2O4S/c26-23(29)22-19-11-6-12-20(19)32-24(22)27-21(28)15-31-25(30)18-10-5-4-9-17(18)14-13-16-7-2-1-3-8-16/h1-5,7-10H,6,11-15H2,(H2,26,29)(H,27,28). The third kappa shape index (κ3) is 4.89. The zero-order chi connectivity index (χ0) is 22.5. The van der Waals surface area contributed by atoms with Crippen LogP contribution >= 0.6 is 11.3 Å². The zero-order valence-corrected chi connectivity index (χ0v) is 18.4. The number of hydrogen-bond acceptors (Lipinski definition) is 5. The summed E-state index contributed by atoms with van der Waals surface area (Å²) in [5.74, 6) is -1.60. The van der Waals surface area contributed by atoms with Gasteiger partial charge in [-0.05, 0) is 54.9 Å². The number of carbonyl (C=O) groups excluding carboxylic acids is 3. The highest BCUT2D eigenvalue weighted by Crippen LogP contribution is 2.38. The topological polar surface area (TPSA) is 98.5 Å². The van der Waals surface area contributed by atoms with Crippen LogP contribution in [0, 0.1) is 0 Å². The van der Waals surface area contributed by atoms with Gasteiger partial charge in [-0.15, -0.1) is 11.3 Å². The van der Waals surface area contributed by atoms with Gasteiger partial charge in [-0.25, -0.2) is 4.79 Å². The molecule has 0 saturated carbocycles. The number of benzene rings is 2. The molecule has 0 unspecified atom stereocenters. The second kappa shape index (κ2) is 9.78. The summed E-state index contributed by atoms with van der Waals surface area (Å²) in [5, 5.41) is 3.13. The number of aryl methyl sites for hydroxylation is 3. The number of esters is 1. The number of nitrogens with two attached hydrogens (primary N) is 1. The molecule has 7 heteroatoms. The molecule has 3 N–H and O–H groups in total. The van der Waals surface area contributed by atoms with Crippen molar-refractivity contribution in [3.63, 3.8) is 0 Å². The van der Waals surface area contributed by atoms with E-state index in [4.69, 9.17) is 10.5 Å². The summed E-state index contributed by atoms with van der Waals surface area (Å²) < 4.78 is 5.27.